The van der Waals surface area contributed by atoms with Crippen LogP contribution in [0.1, 0.15) is 0 Å². The van der Waals surface area contributed by atoms with Crippen LogP contribution in [0.5, 0.6) is 12.0 Å². The molecule has 3 aromatic heterocycles. The lowest BCUT2D eigenvalue weighted by Crippen LogP contribution is -2.01. The van der Waals surface area contributed by atoms with Gasteiger partial charge in [0.05, 0.1) is 35.7 Å². The summed E-state index contributed by atoms with van der Waals surface area (Å²) in [7, 11) is 2.72. The largest absolute Gasteiger partial charge is 0.467 e. The van der Waals surface area contributed by atoms with E-state index in [9.17, 15) is 20.2 Å². The van der Waals surface area contributed by atoms with E-state index in [4.69, 9.17) is 18.3 Å². The van der Waals surface area contributed by atoms with E-state index >= 15 is 0 Å². The molecule has 0 aliphatic carbocycles. The number of ether oxygens (including phenoxy) is 2. The summed E-state index contributed by atoms with van der Waals surface area (Å²) in [6.45, 7) is 0. The lowest BCUT2D eigenvalue weighted by molar-refractivity contribution is -0.394. The molecule has 162 valence electrons. The average Bonchev–Trinajstić information content (AvgIpc) is 3.48. The number of aromatic nitrogens is 6. The molecule has 0 amide bonds. The Morgan fingerprint density at radius 2 is 1.41 bits per heavy atom. The maximum absolute atomic E-state index is 11.1. The molecular weight excluding hydrogens is 432 g/mol. The van der Waals surface area contributed by atoms with Gasteiger partial charge in [-0.15, -0.1) is 15.2 Å². The first-order valence-corrected chi connectivity index (χ1v) is 8.46. The molecule has 0 aliphatic heterocycles. The Bertz CT molecular complexity index is 1280. The van der Waals surface area contributed by atoms with E-state index in [1.54, 1.807) is 0 Å². The Morgan fingerprint density at radius 3 is 1.97 bits per heavy atom. The van der Waals surface area contributed by atoms with Crippen LogP contribution in [0.25, 0.3) is 34.8 Å². The van der Waals surface area contributed by atoms with Crippen LogP contribution in [0.3, 0.4) is 0 Å². The van der Waals surface area contributed by atoms with Gasteiger partial charge in [0.1, 0.15) is 6.26 Å². The summed E-state index contributed by atoms with van der Waals surface area (Å²) in [5.74, 6) is -0.337. The van der Waals surface area contributed by atoms with Crippen LogP contribution in [0.15, 0.2) is 33.3 Å². The van der Waals surface area contributed by atoms with Crippen LogP contribution in [0, 0.1) is 20.2 Å². The SMILES string of the molecule is COc1nc(OC)nc(-c2nc(-c3nnc(-c4cc([N+](=O)[O-])cc([N+](=O)[O-])c4)o3)co2)n1. The number of rotatable bonds is 7. The highest BCUT2D eigenvalue weighted by Crippen LogP contribution is 2.31. The number of methoxy groups -OCH3 is 2. The third-order valence-corrected chi connectivity index (χ3v) is 3.87. The molecule has 3 heterocycles. The summed E-state index contributed by atoms with van der Waals surface area (Å²) in [6, 6.07) is 2.91. The molecular formula is C16H10N8O8. The monoisotopic (exact) mass is 442 g/mol. The summed E-state index contributed by atoms with van der Waals surface area (Å²) in [5.41, 5.74) is -0.928. The Balaban J connectivity index is 1.68. The quantitative estimate of drug-likeness (QED) is 0.296. The summed E-state index contributed by atoms with van der Waals surface area (Å²) >= 11 is 0. The molecule has 16 heteroatoms. The van der Waals surface area contributed by atoms with Crippen molar-refractivity contribution in [3.8, 4) is 46.8 Å². The minimum Gasteiger partial charge on any atom is -0.467 e. The first-order valence-electron chi connectivity index (χ1n) is 8.46. The number of oxazole rings is 1. The molecule has 0 atom stereocenters. The first-order chi connectivity index (χ1) is 15.4. The lowest BCUT2D eigenvalue weighted by atomic mass is 10.2. The van der Waals surface area contributed by atoms with Gasteiger partial charge < -0.3 is 18.3 Å². The molecule has 0 saturated heterocycles. The van der Waals surface area contributed by atoms with Crippen LogP contribution in [0.4, 0.5) is 11.4 Å². The van der Waals surface area contributed by atoms with Gasteiger partial charge in [0.15, 0.2) is 5.69 Å². The van der Waals surface area contributed by atoms with Crippen molar-refractivity contribution in [1.29, 1.82) is 0 Å². The van der Waals surface area contributed by atoms with Crippen LogP contribution in [-0.2, 0) is 0 Å². The van der Waals surface area contributed by atoms with Gasteiger partial charge in [-0.1, -0.05) is 0 Å². The second-order valence-corrected chi connectivity index (χ2v) is 5.83. The average molecular weight is 442 g/mol. The molecule has 32 heavy (non-hydrogen) atoms. The van der Waals surface area contributed by atoms with Crippen molar-refractivity contribution in [2.75, 3.05) is 14.2 Å². The van der Waals surface area contributed by atoms with Crippen molar-refractivity contribution >= 4 is 11.4 Å². The number of hydrogen-bond acceptors (Lipinski definition) is 14. The minimum absolute atomic E-state index is 0.00833. The van der Waals surface area contributed by atoms with Gasteiger partial charge in [-0.3, -0.25) is 20.2 Å². The standard InChI is InChI=1S/C16H10N8O8/c1-29-15-18-11(19-16(20-15)30-2)14-17-10(6-31-14)13-22-21-12(32-13)7-3-8(23(25)26)5-9(4-7)24(27)28/h3-6H,1-2H3. The molecule has 0 saturated carbocycles. The molecule has 0 radical (unpaired) electrons. The zero-order valence-electron chi connectivity index (χ0n) is 16.2. The molecule has 16 nitrogen and oxygen atoms in total. The predicted molar refractivity (Wildman–Crippen MR) is 100 cm³/mol. The second-order valence-electron chi connectivity index (χ2n) is 5.83. The fraction of sp³-hybridized carbons (Fsp3) is 0.125. The minimum atomic E-state index is -0.769. The van der Waals surface area contributed by atoms with Crippen LogP contribution in [0.2, 0.25) is 0 Å². The van der Waals surface area contributed by atoms with Crippen molar-refractivity contribution in [2.45, 2.75) is 0 Å². The number of benzene rings is 1. The number of non-ortho nitro benzene ring substituents is 2. The van der Waals surface area contributed by atoms with Crippen molar-refractivity contribution in [3.63, 3.8) is 0 Å². The van der Waals surface area contributed by atoms with Crippen LogP contribution < -0.4 is 9.47 Å². The first kappa shape index (κ1) is 20.3. The summed E-state index contributed by atoms with van der Waals surface area (Å²) in [5, 5.41) is 29.7. The van der Waals surface area contributed by atoms with E-state index in [0.717, 1.165) is 18.2 Å². The van der Waals surface area contributed by atoms with E-state index in [0.29, 0.717) is 0 Å². The zero-order valence-corrected chi connectivity index (χ0v) is 16.2. The molecule has 1 aromatic carbocycles. The molecule has 0 N–H and O–H groups in total. The molecule has 0 fully saturated rings. The van der Waals surface area contributed by atoms with Gasteiger partial charge in [0.2, 0.25) is 11.7 Å². The van der Waals surface area contributed by atoms with Crippen molar-refractivity contribution in [3.05, 3.63) is 44.7 Å². The van der Waals surface area contributed by atoms with Gasteiger partial charge in [-0.05, 0) is 0 Å². The Kier molecular flexibility index (Phi) is 5.07. The predicted octanol–water partition coefficient (Wildman–Crippen LogP) is 2.08. The number of nitro groups is 2. The maximum Gasteiger partial charge on any atom is 0.323 e. The van der Waals surface area contributed by atoms with Gasteiger partial charge in [-0.2, -0.15) is 9.97 Å². The highest BCUT2D eigenvalue weighted by atomic mass is 16.6. The third kappa shape index (κ3) is 3.86. The highest BCUT2D eigenvalue weighted by molar-refractivity contribution is 5.64. The van der Waals surface area contributed by atoms with Crippen molar-refractivity contribution < 1.29 is 28.2 Å². The second kappa shape index (κ2) is 8.01. The van der Waals surface area contributed by atoms with Gasteiger partial charge in [0, 0.05) is 12.1 Å². The van der Waals surface area contributed by atoms with Crippen LogP contribution in [-0.4, -0.2) is 54.2 Å². The van der Waals surface area contributed by atoms with Crippen molar-refractivity contribution in [2.24, 2.45) is 0 Å². The van der Waals surface area contributed by atoms with E-state index in [1.165, 1.54) is 20.5 Å². The van der Waals surface area contributed by atoms with E-state index in [2.05, 4.69) is 30.1 Å². The Morgan fingerprint density at radius 1 is 0.812 bits per heavy atom. The topological polar surface area (TPSA) is 208 Å². The molecule has 0 aliphatic rings. The number of nitro benzene ring substituents is 2. The molecule has 0 spiro atoms. The summed E-state index contributed by atoms with van der Waals surface area (Å²) in [6.07, 6.45) is 1.19. The molecule has 4 rings (SSSR count). The number of hydrogen-bond donors (Lipinski definition) is 0. The van der Waals surface area contributed by atoms with Gasteiger partial charge in [-0.25, -0.2) is 4.98 Å². The Labute approximate surface area is 176 Å². The fourth-order valence-electron chi connectivity index (χ4n) is 2.46. The summed E-state index contributed by atoms with van der Waals surface area (Å²) in [4.78, 5) is 36.6. The van der Waals surface area contributed by atoms with Crippen LogP contribution >= 0.6 is 0 Å². The Hall–Kier alpha value is -5.02. The maximum atomic E-state index is 11.1. The molecule has 0 unspecified atom stereocenters. The fourth-order valence-corrected chi connectivity index (χ4v) is 2.46. The van der Waals surface area contributed by atoms with Gasteiger partial charge >= 0.3 is 12.0 Å². The van der Waals surface area contributed by atoms with Crippen molar-refractivity contribution in [1.82, 2.24) is 30.1 Å². The third-order valence-electron chi connectivity index (χ3n) is 3.87. The summed E-state index contributed by atoms with van der Waals surface area (Å²) < 4.78 is 20.7. The zero-order chi connectivity index (χ0) is 22.8. The normalized spacial score (nSPS) is 10.7. The lowest BCUT2D eigenvalue weighted by Gasteiger charge is -2.02. The van der Waals surface area contributed by atoms with Gasteiger partial charge in [0.25, 0.3) is 23.2 Å². The van der Waals surface area contributed by atoms with E-state index in [1.807, 2.05) is 0 Å². The molecule has 0 bridgehead atoms. The van der Waals surface area contributed by atoms with E-state index < -0.39 is 21.2 Å². The van der Waals surface area contributed by atoms with E-state index in [-0.39, 0.29) is 46.8 Å². The number of nitrogens with zero attached hydrogens (tertiary/aromatic N) is 8. The smallest absolute Gasteiger partial charge is 0.323 e. The molecule has 4 aromatic rings. The highest BCUT2D eigenvalue weighted by Gasteiger charge is 2.22.